The molecule has 2 fully saturated rings. The van der Waals surface area contributed by atoms with Crippen molar-refractivity contribution in [3.05, 3.63) is 0 Å². The van der Waals surface area contributed by atoms with Gasteiger partial charge < -0.3 is 19.9 Å². The van der Waals surface area contributed by atoms with E-state index in [0.717, 1.165) is 57.8 Å². The Kier molecular flexibility index (Phi) is 11.7. The third-order valence-electron chi connectivity index (χ3n) is 6.11. The Bertz CT molecular complexity index is 462. The minimum atomic E-state index is 0. The SMILES string of the molecule is CCNC(=NCC1CCCOC1C(C)(C)C)N1CCC(CN(CC)CC)C1.I. The van der Waals surface area contributed by atoms with E-state index in [4.69, 9.17) is 9.73 Å². The maximum atomic E-state index is 6.15. The van der Waals surface area contributed by atoms with Crippen LogP contribution < -0.4 is 5.32 Å². The zero-order valence-electron chi connectivity index (χ0n) is 19.2. The highest BCUT2D eigenvalue weighted by molar-refractivity contribution is 14.0. The largest absolute Gasteiger partial charge is 0.377 e. The van der Waals surface area contributed by atoms with Gasteiger partial charge >= 0.3 is 0 Å². The average Bonchev–Trinajstić information content (AvgIpc) is 3.11. The van der Waals surface area contributed by atoms with Crippen LogP contribution >= 0.6 is 24.0 Å². The van der Waals surface area contributed by atoms with Crippen molar-refractivity contribution in [2.24, 2.45) is 22.2 Å². The van der Waals surface area contributed by atoms with Crippen molar-refractivity contribution in [2.75, 3.05) is 52.4 Å². The second-order valence-corrected chi connectivity index (χ2v) is 9.34. The number of halogens is 1. The zero-order chi connectivity index (χ0) is 19.9. The van der Waals surface area contributed by atoms with Crippen LogP contribution in [0.2, 0.25) is 0 Å². The van der Waals surface area contributed by atoms with E-state index in [9.17, 15) is 0 Å². The van der Waals surface area contributed by atoms with Crippen LogP contribution in [-0.2, 0) is 4.74 Å². The van der Waals surface area contributed by atoms with Gasteiger partial charge in [-0.15, -0.1) is 24.0 Å². The van der Waals surface area contributed by atoms with Gasteiger partial charge in [0.05, 0.1) is 6.10 Å². The van der Waals surface area contributed by atoms with Crippen LogP contribution in [0.1, 0.15) is 60.8 Å². The summed E-state index contributed by atoms with van der Waals surface area (Å²) in [6.45, 7) is 22.1. The first-order valence-corrected chi connectivity index (χ1v) is 11.3. The van der Waals surface area contributed by atoms with Crippen LogP contribution in [0, 0.1) is 17.3 Å². The lowest BCUT2D eigenvalue weighted by Gasteiger charge is -2.39. The predicted molar refractivity (Wildman–Crippen MR) is 131 cm³/mol. The third-order valence-corrected chi connectivity index (χ3v) is 6.11. The number of rotatable bonds is 7. The summed E-state index contributed by atoms with van der Waals surface area (Å²) in [6, 6.07) is 0. The smallest absolute Gasteiger partial charge is 0.193 e. The molecule has 0 spiro atoms. The number of guanidine groups is 1. The molecule has 0 aromatic heterocycles. The van der Waals surface area contributed by atoms with Gasteiger partial charge in [0.25, 0.3) is 0 Å². The second kappa shape index (κ2) is 12.6. The second-order valence-electron chi connectivity index (χ2n) is 9.34. The first-order valence-electron chi connectivity index (χ1n) is 11.3. The highest BCUT2D eigenvalue weighted by atomic mass is 127. The average molecular weight is 509 g/mol. The maximum Gasteiger partial charge on any atom is 0.193 e. The van der Waals surface area contributed by atoms with E-state index in [1.165, 1.54) is 25.8 Å². The standard InChI is InChI=1S/C22H44N4O.HI/c1-7-23-21(26-13-12-18(17-26)16-25(8-2)9-3)24-15-19-11-10-14-27-20(19)22(4,5)6;/h18-20H,7-17H2,1-6H3,(H,23,24);1H. The number of nitrogens with one attached hydrogen (secondary N) is 1. The van der Waals surface area contributed by atoms with E-state index in [0.29, 0.717) is 12.0 Å². The Morgan fingerprint density at radius 1 is 1.18 bits per heavy atom. The molecule has 0 aliphatic carbocycles. The van der Waals surface area contributed by atoms with Gasteiger partial charge in [0, 0.05) is 45.2 Å². The summed E-state index contributed by atoms with van der Waals surface area (Å²) in [4.78, 5) is 10.1. The van der Waals surface area contributed by atoms with E-state index in [-0.39, 0.29) is 29.4 Å². The lowest BCUT2D eigenvalue weighted by Crippen LogP contribution is -2.43. The van der Waals surface area contributed by atoms with Crippen molar-refractivity contribution in [2.45, 2.75) is 66.9 Å². The number of likely N-dealkylation sites (tertiary alicyclic amines) is 1. The van der Waals surface area contributed by atoms with Gasteiger partial charge in [-0.25, -0.2) is 0 Å². The van der Waals surface area contributed by atoms with Gasteiger partial charge in [-0.1, -0.05) is 34.6 Å². The predicted octanol–water partition coefficient (Wildman–Crippen LogP) is 4.07. The molecule has 0 saturated carbocycles. The van der Waals surface area contributed by atoms with E-state index >= 15 is 0 Å². The normalized spacial score (nSPS) is 26.5. The van der Waals surface area contributed by atoms with Crippen LogP contribution in [0.3, 0.4) is 0 Å². The molecule has 0 aromatic rings. The fourth-order valence-corrected chi connectivity index (χ4v) is 4.64. The van der Waals surface area contributed by atoms with Crippen molar-refractivity contribution in [3.63, 3.8) is 0 Å². The molecule has 3 atom stereocenters. The quantitative estimate of drug-likeness (QED) is 0.320. The number of ether oxygens (including phenoxy) is 1. The third kappa shape index (κ3) is 7.63. The van der Waals surface area contributed by atoms with Crippen molar-refractivity contribution in [1.82, 2.24) is 15.1 Å². The molecule has 0 aromatic carbocycles. The van der Waals surface area contributed by atoms with Gasteiger partial charge in [-0.3, -0.25) is 4.99 Å². The molecule has 166 valence electrons. The summed E-state index contributed by atoms with van der Waals surface area (Å²) in [6.07, 6.45) is 3.98. The van der Waals surface area contributed by atoms with Gasteiger partial charge in [0.2, 0.25) is 0 Å². The Balaban J connectivity index is 0.00000392. The number of hydrogen-bond acceptors (Lipinski definition) is 3. The lowest BCUT2D eigenvalue weighted by atomic mass is 9.78. The molecule has 28 heavy (non-hydrogen) atoms. The van der Waals surface area contributed by atoms with E-state index in [1.54, 1.807) is 0 Å². The van der Waals surface area contributed by atoms with Crippen LogP contribution in [0.5, 0.6) is 0 Å². The molecule has 1 N–H and O–H groups in total. The Hall–Kier alpha value is -0.0800. The Morgan fingerprint density at radius 2 is 1.89 bits per heavy atom. The van der Waals surface area contributed by atoms with Crippen molar-refractivity contribution in [3.8, 4) is 0 Å². The molecule has 0 radical (unpaired) electrons. The number of hydrogen-bond donors (Lipinski definition) is 1. The monoisotopic (exact) mass is 508 g/mol. The van der Waals surface area contributed by atoms with Crippen molar-refractivity contribution >= 4 is 29.9 Å². The Labute approximate surface area is 191 Å². The first kappa shape index (κ1) is 26.0. The van der Waals surface area contributed by atoms with Crippen LogP contribution in [0.25, 0.3) is 0 Å². The highest BCUT2D eigenvalue weighted by Gasteiger charge is 2.35. The fraction of sp³-hybridized carbons (Fsp3) is 0.955. The van der Waals surface area contributed by atoms with E-state index in [1.807, 2.05) is 0 Å². The summed E-state index contributed by atoms with van der Waals surface area (Å²) < 4.78 is 6.15. The highest BCUT2D eigenvalue weighted by Crippen LogP contribution is 2.34. The first-order chi connectivity index (χ1) is 12.9. The van der Waals surface area contributed by atoms with Crippen LogP contribution in [-0.4, -0.2) is 74.3 Å². The van der Waals surface area contributed by atoms with E-state index in [2.05, 4.69) is 56.7 Å². The Morgan fingerprint density at radius 3 is 2.50 bits per heavy atom. The van der Waals surface area contributed by atoms with Crippen LogP contribution in [0.15, 0.2) is 4.99 Å². The molecule has 2 aliphatic rings. The molecule has 2 rings (SSSR count). The minimum absolute atomic E-state index is 0. The molecule has 3 unspecified atom stereocenters. The maximum absolute atomic E-state index is 6.15. The fourth-order valence-electron chi connectivity index (χ4n) is 4.64. The van der Waals surface area contributed by atoms with Crippen molar-refractivity contribution < 1.29 is 4.74 Å². The van der Waals surface area contributed by atoms with E-state index < -0.39 is 0 Å². The molecule has 2 saturated heterocycles. The van der Waals surface area contributed by atoms with Gasteiger partial charge in [0.1, 0.15) is 0 Å². The minimum Gasteiger partial charge on any atom is -0.377 e. The molecule has 0 bridgehead atoms. The topological polar surface area (TPSA) is 40.1 Å². The zero-order valence-corrected chi connectivity index (χ0v) is 21.5. The summed E-state index contributed by atoms with van der Waals surface area (Å²) in [5.41, 5.74) is 0.182. The summed E-state index contributed by atoms with van der Waals surface area (Å²) >= 11 is 0. The molecule has 2 aliphatic heterocycles. The molecular weight excluding hydrogens is 463 g/mol. The molecule has 6 heteroatoms. The summed E-state index contributed by atoms with van der Waals surface area (Å²) in [5.74, 6) is 2.40. The van der Waals surface area contributed by atoms with Crippen molar-refractivity contribution in [1.29, 1.82) is 0 Å². The van der Waals surface area contributed by atoms with Gasteiger partial charge in [-0.2, -0.15) is 0 Å². The van der Waals surface area contributed by atoms with Gasteiger partial charge in [-0.05, 0) is 50.6 Å². The molecule has 2 heterocycles. The molecule has 0 amide bonds. The summed E-state index contributed by atoms with van der Waals surface area (Å²) in [5, 5.41) is 3.54. The number of aliphatic imine (C=N–C) groups is 1. The molecular formula is C22H45IN4O. The number of nitrogens with zero attached hydrogens (tertiary/aromatic N) is 3. The van der Waals surface area contributed by atoms with Crippen LogP contribution in [0.4, 0.5) is 0 Å². The molecule has 5 nitrogen and oxygen atoms in total. The summed E-state index contributed by atoms with van der Waals surface area (Å²) in [7, 11) is 0. The lowest BCUT2D eigenvalue weighted by molar-refractivity contribution is -0.0824. The van der Waals surface area contributed by atoms with Gasteiger partial charge in [0.15, 0.2) is 5.96 Å².